The van der Waals surface area contributed by atoms with Gasteiger partial charge in [0.15, 0.2) is 5.96 Å². The molecule has 1 aliphatic rings. The minimum absolute atomic E-state index is 0.224. The van der Waals surface area contributed by atoms with Gasteiger partial charge in [-0.05, 0) is 37.5 Å². The number of methoxy groups -OCH3 is 1. The number of rotatable bonds is 6. The zero-order chi connectivity index (χ0) is 17.0. The average Bonchev–Trinajstić information content (AvgIpc) is 3.30. The maximum atomic E-state index is 5.24. The Hall–Kier alpha value is -2.08. The van der Waals surface area contributed by atoms with Crippen LogP contribution in [0.4, 0.5) is 0 Å². The highest BCUT2D eigenvalue weighted by Gasteiger charge is 2.44. The number of aromatic nitrogens is 1. The topological polar surface area (TPSA) is 58.5 Å². The zero-order valence-corrected chi connectivity index (χ0v) is 15.2. The number of aryl methyl sites for hydroxylation is 1. The van der Waals surface area contributed by atoms with Gasteiger partial charge in [0.25, 0.3) is 0 Å². The fraction of sp³-hybridized carbons (Fsp3) is 0.444. The number of hydrogen-bond donors (Lipinski definition) is 2. The summed E-state index contributed by atoms with van der Waals surface area (Å²) in [7, 11) is 3.50. The molecule has 1 heterocycles. The fourth-order valence-electron chi connectivity index (χ4n) is 2.78. The second-order valence-electron chi connectivity index (χ2n) is 6.17. The highest BCUT2D eigenvalue weighted by atomic mass is 32.1. The van der Waals surface area contributed by atoms with Gasteiger partial charge in [-0.2, -0.15) is 0 Å². The van der Waals surface area contributed by atoms with Crippen molar-refractivity contribution < 1.29 is 4.74 Å². The van der Waals surface area contributed by atoms with Gasteiger partial charge in [-0.25, -0.2) is 4.98 Å². The van der Waals surface area contributed by atoms with Crippen LogP contribution < -0.4 is 15.4 Å². The first-order valence-corrected chi connectivity index (χ1v) is 9.03. The lowest BCUT2D eigenvalue weighted by molar-refractivity contribution is 0.414. The minimum Gasteiger partial charge on any atom is -0.497 e. The van der Waals surface area contributed by atoms with E-state index in [1.54, 1.807) is 25.5 Å². The Morgan fingerprint density at radius 3 is 2.58 bits per heavy atom. The molecule has 1 aliphatic carbocycles. The number of nitrogens with one attached hydrogen (secondary N) is 2. The van der Waals surface area contributed by atoms with Gasteiger partial charge in [0.05, 0.1) is 13.7 Å². The van der Waals surface area contributed by atoms with E-state index in [4.69, 9.17) is 4.74 Å². The third-order valence-corrected chi connectivity index (χ3v) is 5.41. The molecule has 1 aromatic heterocycles. The van der Waals surface area contributed by atoms with Crippen LogP contribution in [0.15, 0.2) is 34.6 Å². The van der Waals surface area contributed by atoms with Crippen LogP contribution in [0.25, 0.3) is 0 Å². The number of thiazole rings is 1. The minimum atomic E-state index is 0.224. The van der Waals surface area contributed by atoms with E-state index in [1.807, 2.05) is 19.1 Å². The standard InChI is InChI=1S/C18H24N4OS/c1-13-11-24-16(22-13)10-20-17(19-2)21-12-18(8-9-18)14-4-6-15(23-3)7-5-14/h4-7,11H,8-10,12H2,1-3H3,(H2,19,20,21). The Morgan fingerprint density at radius 1 is 1.29 bits per heavy atom. The Balaban J connectivity index is 1.54. The molecular weight excluding hydrogens is 320 g/mol. The molecular formula is C18H24N4OS. The fourth-order valence-corrected chi connectivity index (χ4v) is 3.49. The summed E-state index contributed by atoms with van der Waals surface area (Å²) >= 11 is 1.67. The van der Waals surface area contributed by atoms with Crippen LogP contribution in [0.5, 0.6) is 5.75 Å². The maximum Gasteiger partial charge on any atom is 0.191 e. The first kappa shape index (κ1) is 16.8. The molecule has 5 nitrogen and oxygen atoms in total. The number of aliphatic imine (C=N–C) groups is 1. The number of hydrogen-bond acceptors (Lipinski definition) is 4. The molecule has 128 valence electrons. The van der Waals surface area contributed by atoms with Gasteiger partial charge >= 0.3 is 0 Å². The van der Waals surface area contributed by atoms with Crippen molar-refractivity contribution in [2.24, 2.45) is 4.99 Å². The lowest BCUT2D eigenvalue weighted by Gasteiger charge is -2.19. The molecule has 0 spiro atoms. The molecule has 6 heteroatoms. The van der Waals surface area contributed by atoms with Crippen LogP contribution in [0.2, 0.25) is 0 Å². The molecule has 24 heavy (non-hydrogen) atoms. The molecule has 1 aromatic carbocycles. The molecule has 2 aromatic rings. The number of guanidine groups is 1. The summed E-state index contributed by atoms with van der Waals surface area (Å²) in [6.07, 6.45) is 2.41. The van der Waals surface area contributed by atoms with Crippen molar-refractivity contribution in [3.63, 3.8) is 0 Å². The van der Waals surface area contributed by atoms with Crippen molar-refractivity contribution >= 4 is 17.3 Å². The lowest BCUT2D eigenvalue weighted by atomic mass is 9.96. The van der Waals surface area contributed by atoms with Crippen LogP contribution in [0.3, 0.4) is 0 Å². The van der Waals surface area contributed by atoms with Crippen molar-refractivity contribution in [3.05, 3.63) is 45.9 Å². The monoisotopic (exact) mass is 344 g/mol. The molecule has 0 aliphatic heterocycles. The van der Waals surface area contributed by atoms with E-state index in [0.29, 0.717) is 6.54 Å². The molecule has 0 amide bonds. The number of nitrogens with zero attached hydrogens (tertiary/aromatic N) is 2. The SMILES string of the molecule is CN=C(NCc1nc(C)cs1)NCC1(c2ccc(OC)cc2)CC1. The quantitative estimate of drug-likeness (QED) is 0.625. The van der Waals surface area contributed by atoms with Crippen molar-refractivity contribution in [2.75, 3.05) is 20.7 Å². The highest BCUT2D eigenvalue weighted by molar-refractivity contribution is 7.09. The number of ether oxygens (including phenoxy) is 1. The normalized spacial score (nSPS) is 15.9. The van der Waals surface area contributed by atoms with E-state index in [2.05, 4.69) is 38.1 Å². The van der Waals surface area contributed by atoms with Crippen LogP contribution >= 0.6 is 11.3 Å². The first-order chi connectivity index (χ1) is 11.6. The Bertz CT molecular complexity index is 704. The molecule has 3 rings (SSSR count). The summed E-state index contributed by atoms with van der Waals surface area (Å²) in [5, 5.41) is 9.94. The maximum absolute atomic E-state index is 5.24. The average molecular weight is 344 g/mol. The summed E-state index contributed by atoms with van der Waals surface area (Å²) in [5.41, 5.74) is 2.65. The molecule has 1 saturated carbocycles. The molecule has 2 N–H and O–H groups in total. The smallest absolute Gasteiger partial charge is 0.191 e. The van der Waals surface area contributed by atoms with Gasteiger partial charge in [-0.1, -0.05) is 12.1 Å². The van der Waals surface area contributed by atoms with E-state index in [1.165, 1.54) is 18.4 Å². The molecule has 0 saturated heterocycles. The van der Waals surface area contributed by atoms with E-state index in [-0.39, 0.29) is 5.41 Å². The van der Waals surface area contributed by atoms with E-state index < -0.39 is 0 Å². The van der Waals surface area contributed by atoms with E-state index >= 15 is 0 Å². The molecule has 0 bridgehead atoms. The molecule has 0 unspecified atom stereocenters. The van der Waals surface area contributed by atoms with Gasteiger partial charge in [0, 0.05) is 30.1 Å². The van der Waals surface area contributed by atoms with Gasteiger partial charge < -0.3 is 15.4 Å². The van der Waals surface area contributed by atoms with E-state index in [9.17, 15) is 0 Å². The van der Waals surface area contributed by atoms with Crippen LogP contribution in [0, 0.1) is 6.92 Å². The third-order valence-electron chi connectivity index (χ3n) is 4.45. The lowest BCUT2D eigenvalue weighted by Crippen LogP contribution is -2.40. The second kappa shape index (κ2) is 7.21. The van der Waals surface area contributed by atoms with Crippen LogP contribution in [0.1, 0.15) is 29.1 Å². The second-order valence-corrected chi connectivity index (χ2v) is 7.11. The summed E-state index contributed by atoms with van der Waals surface area (Å²) in [6, 6.07) is 8.41. The predicted molar refractivity (Wildman–Crippen MR) is 99.0 cm³/mol. The van der Waals surface area contributed by atoms with Crippen LogP contribution in [-0.2, 0) is 12.0 Å². The van der Waals surface area contributed by atoms with E-state index in [0.717, 1.165) is 29.0 Å². The van der Waals surface area contributed by atoms with Gasteiger partial charge in [0.1, 0.15) is 10.8 Å². The van der Waals surface area contributed by atoms with Crippen molar-refractivity contribution in [1.82, 2.24) is 15.6 Å². The third kappa shape index (κ3) is 3.87. The van der Waals surface area contributed by atoms with Crippen molar-refractivity contribution in [3.8, 4) is 5.75 Å². The molecule has 0 atom stereocenters. The van der Waals surface area contributed by atoms with Crippen molar-refractivity contribution in [1.29, 1.82) is 0 Å². The van der Waals surface area contributed by atoms with Gasteiger partial charge in [-0.15, -0.1) is 11.3 Å². The zero-order valence-electron chi connectivity index (χ0n) is 14.4. The highest BCUT2D eigenvalue weighted by Crippen LogP contribution is 2.47. The molecule has 1 fully saturated rings. The predicted octanol–water partition coefficient (Wildman–Crippen LogP) is 2.86. The van der Waals surface area contributed by atoms with Crippen LogP contribution in [-0.4, -0.2) is 31.6 Å². The number of benzene rings is 1. The Labute approximate surface area is 147 Å². The molecule has 0 radical (unpaired) electrons. The summed E-state index contributed by atoms with van der Waals surface area (Å²) in [5.74, 6) is 1.72. The largest absolute Gasteiger partial charge is 0.497 e. The Morgan fingerprint density at radius 2 is 2.04 bits per heavy atom. The summed E-state index contributed by atoms with van der Waals surface area (Å²) in [6.45, 7) is 3.60. The van der Waals surface area contributed by atoms with Gasteiger partial charge in [-0.3, -0.25) is 4.99 Å². The van der Waals surface area contributed by atoms with Crippen molar-refractivity contribution in [2.45, 2.75) is 31.7 Å². The first-order valence-electron chi connectivity index (χ1n) is 8.15. The van der Waals surface area contributed by atoms with Gasteiger partial charge in [0.2, 0.25) is 0 Å². The Kier molecular flexibility index (Phi) is 5.04. The summed E-state index contributed by atoms with van der Waals surface area (Å²) < 4.78 is 5.24. The summed E-state index contributed by atoms with van der Waals surface area (Å²) in [4.78, 5) is 8.78.